The molecule has 1 heterocycles. The van der Waals surface area contributed by atoms with Crippen LogP contribution < -0.4 is 5.55 Å². The highest BCUT2D eigenvalue weighted by Crippen LogP contribution is 2.23. The Hall–Kier alpha value is -2.86. The molecule has 0 aromatic heterocycles. The van der Waals surface area contributed by atoms with Crippen molar-refractivity contribution in [2.24, 2.45) is 4.99 Å². The van der Waals surface area contributed by atoms with Gasteiger partial charge in [-0.3, -0.25) is 0 Å². The minimum atomic E-state index is 0.356. The molecule has 0 bridgehead atoms. The summed E-state index contributed by atoms with van der Waals surface area (Å²) in [5.74, 6) is 0.663. The maximum atomic E-state index is 9.29. The minimum Gasteiger partial charge on any atom is -0.437 e. The van der Waals surface area contributed by atoms with E-state index in [4.69, 9.17) is 4.42 Å². The Morgan fingerprint density at radius 1 is 0.895 bits per heavy atom. The first kappa shape index (κ1) is 11.2. The van der Waals surface area contributed by atoms with Crippen molar-refractivity contribution in [2.45, 2.75) is 0 Å². The number of hydrogen-bond donors (Lipinski definition) is 0. The van der Waals surface area contributed by atoms with Gasteiger partial charge in [-0.05, 0) is 24.3 Å². The van der Waals surface area contributed by atoms with Gasteiger partial charge in [0.1, 0.15) is 17.4 Å². The lowest BCUT2D eigenvalue weighted by atomic mass is 10.1. The van der Waals surface area contributed by atoms with E-state index in [0.29, 0.717) is 16.9 Å². The lowest BCUT2D eigenvalue weighted by Gasteiger charge is -1.88. The standard InChI is InChI=1S/C16H10N2O/c17-11-14-13-9-5-2-6-10-15(13)19-16(14)18-12-7-3-1-4-8-12/h1-10H. The molecule has 1 aromatic carbocycles. The molecule has 0 unspecified atom stereocenters. The summed E-state index contributed by atoms with van der Waals surface area (Å²) in [6.07, 6.45) is 0. The van der Waals surface area contributed by atoms with Gasteiger partial charge in [-0.1, -0.05) is 36.4 Å². The average Bonchev–Trinajstić information content (AvgIpc) is 2.61. The number of rotatable bonds is 1. The molecule has 0 saturated heterocycles. The normalized spacial score (nSPS) is 11.4. The van der Waals surface area contributed by atoms with Crippen LogP contribution in [0.25, 0.3) is 11.3 Å². The quantitative estimate of drug-likeness (QED) is 0.660. The van der Waals surface area contributed by atoms with Gasteiger partial charge in [0.05, 0.1) is 5.69 Å². The second-order valence-electron chi connectivity index (χ2n) is 4.03. The Morgan fingerprint density at radius 3 is 2.32 bits per heavy atom. The summed E-state index contributed by atoms with van der Waals surface area (Å²) in [4.78, 5) is 4.38. The summed E-state index contributed by atoms with van der Waals surface area (Å²) in [5.41, 5.74) is 2.37. The first-order valence-electron chi connectivity index (χ1n) is 5.90. The van der Waals surface area contributed by atoms with Crippen molar-refractivity contribution in [3.05, 3.63) is 71.8 Å². The van der Waals surface area contributed by atoms with E-state index < -0.39 is 0 Å². The van der Waals surface area contributed by atoms with Crippen molar-refractivity contribution < 1.29 is 4.42 Å². The molecule has 3 rings (SSSR count). The smallest absolute Gasteiger partial charge is 0.238 e. The molecule has 0 amide bonds. The predicted molar refractivity (Wildman–Crippen MR) is 71.7 cm³/mol. The molecule has 1 aromatic rings. The fraction of sp³-hybridized carbons (Fsp3) is 0. The molecular formula is C16H10N2O. The van der Waals surface area contributed by atoms with Crippen molar-refractivity contribution >= 4 is 5.69 Å². The second-order valence-corrected chi connectivity index (χ2v) is 4.03. The summed E-state index contributed by atoms with van der Waals surface area (Å²) in [6.45, 7) is 0. The zero-order valence-electron chi connectivity index (χ0n) is 10.1. The van der Waals surface area contributed by atoms with Gasteiger partial charge in [0.15, 0.2) is 0 Å². The first-order valence-corrected chi connectivity index (χ1v) is 5.90. The number of hydrogen-bond acceptors (Lipinski definition) is 3. The van der Waals surface area contributed by atoms with E-state index in [0.717, 1.165) is 11.3 Å². The third-order valence-corrected chi connectivity index (χ3v) is 2.79. The van der Waals surface area contributed by atoms with Gasteiger partial charge >= 0.3 is 0 Å². The topological polar surface area (TPSA) is 49.3 Å². The first-order chi connectivity index (χ1) is 9.38. The SMILES string of the molecule is N#Cc1c2cccccc-2oc1=Nc1ccccc1. The molecule has 2 aliphatic rings. The van der Waals surface area contributed by atoms with E-state index in [-0.39, 0.29) is 0 Å². The van der Waals surface area contributed by atoms with E-state index in [1.807, 2.05) is 60.7 Å². The average molecular weight is 246 g/mol. The Morgan fingerprint density at radius 2 is 1.58 bits per heavy atom. The minimum absolute atomic E-state index is 0.356. The number of nitrogens with zero attached hydrogens (tertiary/aromatic N) is 2. The Labute approximate surface area is 110 Å². The molecule has 0 radical (unpaired) electrons. The van der Waals surface area contributed by atoms with Gasteiger partial charge < -0.3 is 4.42 Å². The van der Waals surface area contributed by atoms with Crippen molar-refractivity contribution in [3.8, 4) is 17.4 Å². The van der Waals surface area contributed by atoms with Crippen LogP contribution in [0, 0.1) is 11.3 Å². The molecule has 0 atom stereocenters. The third kappa shape index (κ3) is 2.12. The molecule has 1 aliphatic carbocycles. The maximum absolute atomic E-state index is 9.29. The highest BCUT2D eigenvalue weighted by atomic mass is 16.3. The summed E-state index contributed by atoms with van der Waals surface area (Å²) >= 11 is 0. The predicted octanol–water partition coefficient (Wildman–Crippen LogP) is 3.49. The summed E-state index contributed by atoms with van der Waals surface area (Å²) in [6, 6.07) is 21.0. The van der Waals surface area contributed by atoms with Crippen LogP contribution in [0.4, 0.5) is 5.69 Å². The van der Waals surface area contributed by atoms with Crippen LogP contribution in [-0.4, -0.2) is 0 Å². The van der Waals surface area contributed by atoms with Gasteiger partial charge in [0.25, 0.3) is 0 Å². The summed E-state index contributed by atoms with van der Waals surface area (Å²) in [5, 5.41) is 9.29. The monoisotopic (exact) mass is 246 g/mol. The fourth-order valence-electron chi connectivity index (χ4n) is 1.90. The highest BCUT2D eigenvalue weighted by molar-refractivity contribution is 5.66. The summed E-state index contributed by atoms with van der Waals surface area (Å²) < 4.78 is 5.66. The maximum Gasteiger partial charge on any atom is 0.238 e. The number of benzene rings is 1. The van der Waals surface area contributed by atoms with Crippen LogP contribution in [0.5, 0.6) is 0 Å². The zero-order valence-corrected chi connectivity index (χ0v) is 10.1. The number of para-hydroxylation sites is 1. The largest absolute Gasteiger partial charge is 0.437 e. The lowest BCUT2D eigenvalue weighted by Crippen LogP contribution is -1.99. The van der Waals surface area contributed by atoms with Crippen LogP contribution in [0.15, 0.2) is 70.1 Å². The van der Waals surface area contributed by atoms with Crippen LogP contribution in [-0.2, 0) is 0 Å². The van der Waals surface area contributed by atoms with Crippen molar-refractivity contribution in [1.82, 2.24) is 0 Å². The van der Waals surface area contributed by atoms with Crippen molar-refractivity contribution in [3.63, 3.8) is 0 Å². The lowest BCUT2D eigenvalue weighted by molar-refractivity contribution is 0.529. The Kier molecular flexibility index (Phi) is 2.83. The highest BCUT2D eigenvalue weighted by Gasteiger charge is 2.14. The Bertz CT molecular complexity index is 782. The molecule has 3 nitrogen and oxygen atoms in total. The fourth-order valence-corrected chi connectivity index (χ4v) is 1.90. The zero-order chi connectivity index (χ0) is 13.1. The van der Waals surface area contributed by atoms with Crippen molar-refractivity contribution in [1.29, 1.82) is 5.26 Å². The van der Waals surface area contributed by atoms with E-state index in [1.54, 1.807) is 0 Å². The third-order valence-electron chi connectivity index (χ3n) is 2.79. The molecule has 1 aliphatic heterocycles. The van der Waals surface area contributed by atoms with Gasteiger partial charge in [-0.2, -0.15) is 5.26 Å². The van der Waals surface area contributed by atoms with Crippen LogP contribution in [0.2, 0.25) is 0 Å². The molecule has 0 saturated carbocycles. The molecule has 0 spiro atoms. The Balaban J connectivity index is 2.29. The van der Waals surface area contributed by atoms with Crippen LogP contribution >= 0.6 is 0 Å². The molecule has 3 heteroatoms. The number of furan rings is 1. The van der Waals surface area contributed by atoms with Gasteiger partial charge in [-0.25, -0.2) is 4.99 Å². The van der Waals surface area contributed by atoms with Crippen molar-refractivity contribution in [2.75, 3.05) is 0 Å². The van der Waals surface area contributed by atoms with Gasteiger partial charge in [-0.15, -0.1) is 0 Å². The molecule has 0 N–H and O–H groups in total. The van der Waals surface area contributed by atoms with Crippen LogP contribution in [0.1, 0.15) is 5.56 Å². The number of nitriles is 1. The van der Waals surface area contributed by atoms with Crippen LogP contribution in [0.3, 0.4) is 0 Å². The van der Waals surface area contributed by atoms with E-state index in [1.165, 1.54) is 0 Å². The molecular weight excluding hydrogens is 236 g/mol. The van der Waals surface area contributed by atoms with E-state index in [9.17, 15) is 5.26 Å². The molecule has 0 fully saturated rings. The van der Waals surface area contributed by atoms with E-state index in [2.05, 4.69) is 11.1 Å². The van der Waals surface area contributed by atoms with Gasteiger partial charge in [0, 0.05) is 5.56 Å². The van der Waals surface area contributed by atoms with Gasteiger partial charge in [0.2, 0.25) is 5.55 Å². The molecule has 19 heavy (non-hydrogen) atoms. The molecule has 90 valence electrons. The number of fused-ring (bicyclic) bond motifs is 1. The summed E-state index contributed by atoms with van der Waals surface area (Å²) in [7, 11) is 0. The second kappa shape index (κ2) is 4.79. The van der Waals surface area contributed by atoms with E-state index >= 15 is 0 Å².